The van der Waals surface area contributed by atoms with Gasteiger partial charge in [-0.3, -0.25) is 4.90 Å². The second-order valence-corrected chi connectivity index (χ2v) is 6.71. The van der Waals surface area contributed by atoms with Crippen molar-refractivity contribution in [2.24, 2.45) is 0 Å². The molecule has 0 unspecified atom stereocenters. The number of ether oxygens (including phenoxy) is 1. The summed E-state index contributed by atoms with van der Waals surface area (Å²) in [4.78, 5) is 2.28. The molecule has 0 radical (unpaired) electrons. The molecular formula is C20H25ClFNO3. The lowest BCUT2D eigenvalue weighted by atomic mass is 9.85. The van der Waals surface area contributed by atoms with Gasteiger partial charge in [-0.15, -0.1) is 12.4 Å². The topological polar surface area (TPSA) is 52.9 Å². The smallest absolute Gasteiger partial charge is 0.123 e. The Morgan fingerprint density at radius 1 is 1.00 bits per heavy atom. The Labute approximate surface area is 159 Å². The van der Waals surface area contributed by atoms with Gasteiger partial charge >= 0.3 is 0 Å². The molecule has 2 aromatic rings. The van der Waals surface area contributed by atoms with Gasteiger partial charge in [0.1, 0.15) is 23.9 Å². The van der Waals surface area contributed by atoms with Crippen LogP contribution in [0.25, 0.3) is 0 Å². The van der Waals surface area contributed by atoms with Crippen LogP contribution in [0, 0.1) is 5.82 Å². The van der Waals surface area contributed by atoms with E-state index in [0.29, 0.717) is 25.9 Å². The zero-order valence-corrected chi connectivity index (χ0v) is 15.4. The van der Waals surface area contributed by atoms with E-state index >= 15 is 0 Å². The minimum absolute atomic E-state index is 0. The van der Waals surface area contributed by atoms with E-state index in [1.54, 1.807) is 36.4 Å². The van der Waals surface area contributed by atoms with Crippen LogP contribution in [0.2, 0.25) is 0 Å². The molecule has 1 saturated heterocycles. The van der Waals surface area contributed by atoms with Gasteiger partial charge in [0.15, 0.2) is 0 Å². The highest BCUT2D eigenvalue weighted by Crippen LogP contribution is 2.26. The van der Waals surface area contributed by atoms with Gasteiger partial charge in [0.2, 0.25) is 0 Å². The predicted octanol–water partition coefficient (Wildman–Crippen LogP) is 3.40. The zero-order chi connectivity index (χ0) is 17.7. The number of halogens is 2. The van der Waals surface area contributed by atoms with Crippen molar-refractivity contribution in [3.8, 4) is 11.5 Å². The first-order chi connectivity index (χ1) is 12.0. The number of phenolic OH excluding ortho intramolecular Hbond substituents is 1. The third-order valence-corrected chi connectivity index (χ3v) is 4.75. The molecule has 1 aliphatic heterocycles. The normalized spacial score (nSPS) is 16.7. The number of benzene rings is 2. The Balaban J connectivity index is 0.00000243. The summed E-state index contributed by atoms with van der Waals surface area (Å²) in [5.41, 5.74) is 0.250. The Morgan fingerprint density at radius 3 is 2.23 bits per heavy atom. The molecule has 26 heavy (non-hydrogen) atoms. The maximum atomic E-state index is 13.0. The van der Waals surface area contributed by atoms with Gasteiger partial charge < -0.3 is 14.9 Å². The number of aliphatic hydroxyl groups is 1. The van der Waals surface area contributed by atoms with Gasteiger partial charge in [0.25, 0.3) is 0 Å². The second-order valence-electron chi connectivity index (χ2n) is 6.71. The summed E-state index contributed by atoms with van der Waals surface area (Å²) in [6, 6.07) is 13.1. The number of hydrogen-bond donors (Lipinski definition) is 2. The van der Waals surface area contributed by atoms with E-state index in [0.717, 1.165) is 30.9 Å². The molecule has 0 aromatic heterocycles. The fourth-order valence-electron chi connectivity index (χ4n) is 3.19. The highest BCUT2D eigenvalue weighted by Gasteiger charge is 2.32. The van der Waals surface area contributed by atoms with Gasteiger partial charge in [-0.1, -0.05) is 12.1 Å². The Morgan fingerprint density at radius 2 is 1.62 bits per heavy atom. The predicted molar refractivity (Wildman–Crippen MR) is 102 cm³/mol. The summed E-state index contributed by atoms with van der Waals surface area (Å²) in [5, 5.41) is 20.0. The van der Waals surface area contributed by atoms with Crippen molar-refractivity contribution in [2.45, 2.75) is 24.9 Å². The first-order valence-electron chi connectivity index (χ1n) is 8.63. The maximum absolute atomic E-state index is 13.0. The molecule has 0 saturated carbocycles. The van der Waals surface area contributed by atoms with E-state index in [1.807, 2.05) is 0 Å². The summed E-state index contributed by atoms with van der Waals surface area (Å²) in [7, 11) is 0. The number of nitrogens with zero attached hydrogens (tertiary/aromatic N) is 1. The lowest BCUT2D eigenvalue weighted by Crippen LogP contribution is -2.46. The molecule has 2 N–H and O–H groups in total. The summed E-state index contributed by atoms with van der Waals surface area (Å²) in [6.45, 7) is 3.00. The van der Waals surface area contributed by atoms with Crippen LogP contribution in [-0.2, 0) is 6.42 Å². The lowest BCUT2D eigenvalue weighted by Gasteiger charge is -2.38. The van der Waals surface area contributed by atoms with Gasteiger partial charge in [0.05, 0.1) is 5.60 Å². The molecule has 0 spiro atoms. The number of piperidine rings is 1. The van der Waals surface area contributed by atoms with Gasteiger partial charge in [-0.05, 0) is 54.8 Å². The molecular weight excluding hydrogens is 357 g/mol. The fourth-order valence-corrected chi connectivity index (χ4v) is 3.19. The minimum atomic E-state index is -0.716. The number of phenols is 1. The molecule has 4 nitrogen and oxygen atoms in total. The van der Waals surface area contributed by atoms with Crippen molar-refractivity contribution < 1.29 is 19.3 Å². The van der Waals surface area contributed by atoms with Crippen LogP contribution in [0.3, 0.4) is 0 Å². The SMILES string of the molecule is Cl.Oc1ccc(OCCN2CCC(O)(Cc3ccc(F)cc3)CC2)cc1. The molecule has 0 bridgehead atoms. The fraction of sp³-hybridized carbons (Fsp3) is 0.400. The number of likely N-dealkylation sites (tertiary alicyclic amines) is 1. The van der Waals surface area contributed by atoms with E-state index in [9.17, 15) is 14.6 Å². The van der Waals surface area contributed by atoms with Crippen molar-refractivity contribution in [1.82, 2.24) is 4.90 Å². The van der Waals surface area contributed by atoms with E-state index in [4.69, 9.17) is 4.74 Å². The molecule has 3 rings (SSSR count). The number of aromatic hydroxyl groups is 1. The quantitative estimate of drug-likeness (QED) is 0.805. The largest absolute Gasteiger partial charge is 0.508 e. The molecule has 1 fully saturated rings. The highest BCUT2D eigenvalue weighted by atomic mass is 35.5. The van der Waals surface area contributed by atoms with Crippen molar-refractivity contribution in [3.05, 3.63) is 59.9 Å². The van der Waals surface area contributed by atoms with Gasteiger partial charge in [-0.2, -0.15) is 0 Å². The Kier molecular flexibility index (Phi) is 7.26. The van der Waals surface area contributed by atoms with Crippen LogP contribution in [0.1, 0.15) is 18.4 Å². The molecule has 6 heteroatoms. The van der Waals surface area contributed by atoms with E-state index < -0.39 is 5.60 Å². The molecule has 0 atom stereocenters. The van der Waals surface area contributed by atoms with E-state index in [1.165, 1.54) is 12.1 Å². The third kappa shape index (κ3) is 5.87. The van der Waals surface area contributed by atoms with Crippen molar-refractivity contribution in [3.63, 3.8) is 0 Å². The monoisotopic (exact) mass is 381 g/mol. The second kappa shape index (κ2) is 9.21. The molecule has 0 aliphatic carbocycles. The van der Waals surface area contributed by atoms with Crippen molar-refractivity contribution in [1.29, 1.82) is 0 Å². The van der Waals surface area contributed by atoms with Crippen LogP contribution < -0.4 is 4.74 Å². The minimum Gasteiger partial charge on any atom is -0.508 e. The molecule has 1 heterocycles. The molecule has 1 aliphatic rings. The summed E-state index contributed by atoms with van der Waals surface area (Å²) >= 11 is 0. The van der Waals surface area contributed by atoms with Crippen LogP contribution in [0.15, 0.2) is 48.5 Å². The van der Waals surface area contributed by atoms with Crippen LogP contribution in [0.5, 0.6) is 11.5 Å². The highest BCUT2D eigenvalue weighted by molar-refractivity contribution is 5.85. The third-order valence-electron chi connectivity index (χ3n) is 4.75. The average molecular weight is 382 g/mol. The van der Waals surface area contributed by atoms with Crippen LogP contribution >= 0.6 is 12.4 Å². The maximum Gasteiger partial charge on any atom is 0.123 e. The number of hydrogen-bond acceptors (Lipinski definition) is 4. The van der Waals surface area contributed by atoms with E-state index in [2.05, 4.69) is 4.90 Å². The number of rotatable bonds is 6. The van der Waals surface area contributed by atoms with Gasteiger partial charge in [-0.25, -0.2) is 4.39 Å². The van der Waals surface area contributed by atoms with Gasteiger partial charge in [0, 0.05) is 26.1 Å². The molecule has 142 valence electrons. The Bertz CT molecular complexity index is 670. The summed E-state index contributed by atoms with van der Waals surface area (Å²) in [5.74, 6) is 0.714. The summed E-state index contributed by atoms with van der Waals surface area (Å²) in [6.07, 6.45) is 1.96. The van der Waals surface area contributed by atoms with Crippen LogP contribution in [-0.4, -0.2) is 47.0 Å². The Hall–Kier alpha value is -1.82. The first-order valence-corrected chi connectivity index (χ1v) is 8.63. The molecule has 0 amide bonds. The zero-order valence-electron chi connectivity index (χ0n) is 14.6. The van der Waals surface area contributed by atoms with Crippen molar-refractivity contribution >= 4 is 12.4 Å². The van der Waals surface area contributed by atoms with Crippen molar-refractivity contribution in [2.75, 3.05) is 26.2 Å². The van der Waals surface area contributed by atoms with Crippen LogP contribution in [0.4, 0.5) is 4.39 Å². The summed E-state index contributed by atoms with van der Waals surface area (Å²) < 4.78 is 18.7. The average Bonchev–Trinajstić information content (AvgIpc) is 2.61. The lowest BCUT2D eigenvalue weighted by molar-refractivity contribution is -0.0226. The first kappa shape index (κ1) is 20.5. The standard InChI is InChI=1S/C20H24FNO3.ClH/c21-17-3-1-16(2-4-17)15-20(24)9-11-22(12-10-20)13-14-25-19-7-5-18(23)6-8-19;/h1-8,23-24H,9-15H2;1H. The molecule has 2 aromatic carbocycles. The van der Waals surface area contributed by atoms with E-state index in [-0.39, 0.29) is 24.0 Å².